The van der Waals surface area contributed by atoms with Crippen LogP contribution in [-0.2, 0) is 19.4 Å². The monoisotopic (exact) mass is 513 g/mol. The van der Waals surface area contributed by atoms with Gasteiger partial charge in [0.05, 0.1) is 22.8 Å². The van der Waals surface area contributed by atoms with E-state index in [9.17, 15) is 26.4 Å². The number of nitrogens with zero attached hydrogens (tertiary/aromatic N) is 3. The lowest BCUT2D eigenvalue weighted by molar-refractivity contribution is -0.116. The zero-order valence-electron chi connectivity index (χ0n) is 18.0. The summed E-state index contributed by atoms with van der Waals surface area (Å²) in [5, 5.41) is 0.0841. The van der Waals surface area contributed by atoms with Crippen LogP contribution in [0.25, 0.3) is 10.2 Å². The number of morpholine rings is 1. The Bertz CT molecular complexity index is 1280. The summed E-state index contributed by atoms with van der Waals surface area (Å²) in [4.78, 5) is 20.5. The molecular formula is C22H22F3N3O4S2. The van der Waals surface area contributed by atoms with Crippen molar-refractivity contribution in [1.29, 1.82) is 0 Å². The maximum atomic E-state index is 14.2. The molecule has 7 nitrogen and oxygen atoms in total. The number of hydrogen-bond donors (Lipinski definition) is 0. The Balaban J connectivity index is 1.58. The highest BCUT2D eigenvalue weighted by molar-refractivity contribution is 7.92. The lowest BCUT2D eigenvalue weighted by Gasteiger charge is -2.27. The zero-order chi connectivity index (χ0) is 24.3. The van der Waals surface area contributed by atoms with Crippen LogP contribution in [-0.4, -0.2) is 69.4 Å². The van der Waals surface area contributed by atoms with Gasteiger partial charge in [0.1, 0.15) is 22.9 Å². The van der Waals surface area contributed by atoms with Gasteiger partial charge in [-0.1, -0.05) is 11.3 Å². The van der Waals surface area contributed by atoms with Crippen molar-refractivity contribution in [3.8, 4) is 0 Å². The summed E-state index contributed by atoms with van der Waals surface area (Å²) in [6.07, 6.45) is 0.509. The molecule has 12 heteroatoms. The first-order valence-electron chi connectivity index (χ1n) is 10.6. The highest BCUT2D eigenvalue weighted by atomic mass is 32.2. The second-order valence-electron chi connectivity index (χ2n) is 7.80. The molecule has 2 aromatic carbocycles. The van der Waals surface area contributed by atoms with Crippen LogP contribution in [0, 0.1) is 17.5 Å². The Morgan fingerprint density at radius 1 is 1.09 bits per heavy atom. The summed E-state index contributed by atoms with van der Waals surface area (Å²) in [5.41, 5.74) is -0.0891. The van der Waals surface area contributed by atoms with Gasteiger partial charge in [-0.3, -0.25) is 14.6 Å². The summed E-state index contributed by atoms with van der Waals surface area (Å²) in [6, 6.07) is 6.01. The second-order valence-corrected chi connectivity index (χ2v) is 10.8. The van der Waals surface area contributed by atoms with Crippen LogP contribution in [0.4, 0.5) is 18.3 Å². The number of thiazole rings is 1. The minimum Gasteiger partial charge on any atom is -0.379 e. The molecule has 0 radical (unpaired) electrons. The summed E-state index contributed by atoms with van der Waals surface area (Å²) >= 11 is 0.908. The first-order chi connectivity index (χ1) is 16.2. The van der Waals surface area contributed by atoms with Gasteiger partial charge in [-0.25, -0.2) is 26.6 Å². The normalized spacial score (nSPS) is 15.0. The summed E-state index contributed by atoms with van der Waals surface area (Å²) in [7, 11) is -4.06. The minimum absolute atomic E-state index is 0.0841. The quantitative estimate of drug-likeness (QED) is 0.431. The molecule has 4 rings (SSSR count). The van der Waals surface area contributed by atoms with E-state index in [1.807, 2.05) is 0 Å². The predicted molar refractivity (Wildman–Crippen MR) is 122 cm³/mol. The number of aromatic nitrogens is 1. The van der Waals surface area contributed by atoms with Gasteiger partial charge in [-0.2, -0.15) is 0 Å². The van der Waals surface area contributed by atoms with Crippen LogP contribution in [0.3, 0.4) is 0 Å². The number of halogens is 3. The first kappa shape index (κ1) is 24.6. The maximum absolute atomic E-state index is 14.2. The minimum atomic E-state index is -4.06. The van der Waals surface area contributed by atoms with Crippen molar-refractivity contribution in [1.82, 2.24) is 9.88 Å². The van der Waals surface area contributed by atoms with Gasteiger partial charge in [0, 0.05) is 32.2 Å². The summed E-state index contributed by atoms with van der Waals surface area (Å²) in [5.74, 6) is -3.87. The van der Waals surface area contributed by atoms with E-state index in [1.54, 1.807) is 0 Å². The van der Waals surface area contributed by atoms with Crippen molar-refractivity contribution in [2.24, 2.45) is 0 Å². The Labute approximate surface area is 198 Å². The molecule has 182 valence electrons. The molecule has 1 amide bonds. The number of fused-ring (bicyclic) bond motifs is 1. The van der Waals surface area contributed by atoms with Gasteiger partial charge in [0.15, 0.2) is 20.8 Å². The molecule has 0 unspecified atom stereocenters. The fourth-order valence-electron chi connectivity index (χ4n) is 3.63. The third kappa shape index (κ3) is 5.74. The van der Waals surface area contributed by atoms with E-state index in [0.29, 0.717) is 32.2 Å². The van der Waals surface area contributed by atoms with Gasteiger partial charge < -0.3 is 4.74 Å². The van der Waals surface area contributed by atoms with Crippen molar-refractivity contribution < 1.29 is 31.1 Å². The number of carbonyl (C=O) groups is 1. The Hall–Kier alpha value is -2.54. The number of carbonyl (C=O) groups excluding carboxylic acids is 1. The number of benzene rings is 2. The van der Waals surface area contributed by atoms with Gasteiger partial charge in [-0.15, -0.1) is 0 Å². The lowest BCUT2D eigenvalue weighted by atomic mass is 10.3. The van der Waals surface area contributed by atoms with Gasteiger partial charge in [0.25, 0.3) is 0 Å². The van der Waals surface area contributed by atoms with Crippen molar-refractivity contribution in [2.45, 2.75) is 11.3 Å². The van der Waals surface area contributed by atoms with Gasteiger partial charge in [-0.05, 0) is 36.8 Å². The largest absolute Gasteiger partial charge is 0.379 e. The van der Waals surface area contributed by atoms with E-state index in [-0.39, 0.29) is 26.8 Å². The number of ether oxygens (including phenoxy) is 1. The average Bonchev–Trinajstić information content (AvgIpc) is 3.21. The third-order valence-corrected chi connectivity index (χ3v) is 8.02. The molecule has 1 fully saturated rings. The highest BCUT2D eigenvalue weighted by Crippen LogP contribution is 2.31. The van der Waals surface area contributed by atoms with Gasteiger partial charge in [0.2, 0.25) is 5.91 Å². The van der Waals surface area contributed by atoms with E-state index >= 15 is 0 Å². The van der Waals surface area contributed by atoms with E-state index < -0.39 is 38.9 Å². The van der Waals surface area contributed by atoms with Gasteiger partial charge >= 0.3 is 0 Å². The standard InChI is InChI=1S/C22H22F3N3O4S2/c23-15-2-4-17(5-3-15)34(30,31)14-20(29)28(7-1-6-27-8-10-32-11-9-27)22-26-21-18(25)12-16(24)13-19(21)33-22/h2-5,12-13H,1,6-11,14H2. The second kappa shape index (κ2) is 10.4. The van der Waals surface area contributed by atoms with E-state index in [2.05, 4.69) is 9.88 Å². The molecule has 1 aromatic heterocycles. The van der Waals surface area contributed by atoms with E-state index in [4.69, 9.17) is 4.74 Å². The maximum Gasteiger partial charge on any atom is 0.244 e. The van der Waals surface area contributed by atoms with E-state index in [0.717, 1.165) is 54.8 Å². The third-order valence-electron chi connectivity index (χ3n) is 5.38. The summed E-state index contributed by atoms with van der Waals surface area (Å²) in [6.45, 7) is 3.50. The number of rotatable bonds is 8. The van der Waals surface area contributed by atoms with Crippen molar-refractivity contribution in [3.63, 3.8) is 0 Å². The van der Waals surface area contributed by atoms with Crippen LogP contribution < -0.4 is 4.90 Å². The smallest absolute Gasteiger partial charge is 0.244 e. The molecule has 1 aliphatic rings. The first-order valence-corrected chi connectivity index (χ1v) is 13.0. The SMILES string of the molecule is O=C(CS(=O)(=O)c1ccc(F)cc1)N(CCCN1CCOCC1)c1nc2c(F)cc(F)cc2s1. The van der Waals surface area contributed by atoms with E-state index in [1.165, 1.54) is 4.90 Å². The molecule has 34 heavy (non-hydrogen) atoms. The average molecular weight is 514 g/mol. The van der Waals surface area contributed by atoms with Crippen molar-refractivity contribution >= 4 is 42.4 Å². The van der Waals surface area contributed by atoms with Crippen molar-refractivity contribution in [3.05, 3.63) is 53.8 Å². The molecule has 0 atom stereocenters. The van der Waals surface area contributed by atoms with Crippen LogP contribution in [0.5, 0.6) is 0 Å². The molecule has 0 aliphatic carbocycles. The fraction of sp³-hybridized carbons (Fsp3) is 0.364. The molecule has 3 aromatic rings. The predicted octanol–water partition coefficient (Wildman–Crippen LogP) is 3.24. The molecular weight excluding hydrogens is 491 g/mol. The van der Waals surface area contributed by atoms with Crippen molar-refractivity contribution in [2.75, 3.05) is 50.0 Å². The number of sulfone groups is 1. The van der Waals surface area contributed by atoms with Crippen LogP contribution in [0.2, 0.25) is 0 Å². The Kier molecular flexibility index (Phi) is 7.51. The molecule has 0 bridgehead atoms. The number of hydrogen-bond acceptors (Lipinski definition) is 7. The number of amides is 1. The molecule has 0 spiro atoms. The Morgan fingerprint density at radius 2 is 1.79 bits per heavy atom. The van der Waals surface area contributed by atoms with Crippen LogP contribution in [0.1, 0.15) is 6.42 Å². The zero-order valence-corrected chi connectivity index (χ0v) is 19.7. The molecule has 1 saturated heterocycles. The lowest BCUT2D eigenvalue weighted by Crippen LogP contribution is -2.40. The molecule has 1 aliphatic heterocycles. The van der Waals surface area contributed by atoms with Crippen LogP contribution >= 0.6 is 11.3 Å². The molecule has 0 saturated carbocycles. The molecule has 2 heterocycles. The van der Waals surface area contributed by atoms with Crippen LogP contribution in [0.15, 0.2) is 41.3 Å². The Morgan fingerprint density at radius 3 is 2.50 bits per heavy atom. The fourth-order valence-corrected chi connectivity index (χ4v) is 5.88. The highest BCUT2D eigenvalue weighted by Gasteiger charge is 2.27. The topological polar surface area (TPSA) is 79.8 Å². The number of anilines is 1. The summed E-state index contributed by atoms with van der Waals surface area (Å²) < 4.78 is 72.1. The molecule has 0 N–H and O–H groups in total.